The SMILES string of the molecule is c1ccc(-c2ccc(-c3cc(-c4ccccc4)nc(-c4cccc(-c5cccc(-c6cc7c(cc6-c6ccccc6)-c6ccccc6C7(c6ccccc6)c6ccccc6)c5)c4)n3)cc2)cc1. The number of fused-ring (bicyclic) bond motifs is 3. The number of benzene rings is 10. The molecular weight excluding hydrogens is 809 g/mol. The van der Waals surface area contributed by atoms with Gasteiger partial charge in [-0.05, 0) is 108 Å². The molecule has 10 aromatic carbocycles. The lowest BCUT2D eigenvalue weighted by atomic mass is 9.67. The normalized spacial score (nSPS) is 12.3. The third-order valence-corrected chi connectivity index (χ3v) is 13.4. The third kappa shape index (κ3) is 7.17. The molecule has 0 amide bonds. The van der Waals surface area contributed by atoms with E-state index in [2.05, 4.69) is 255 Å². The van der Waals surface area contributed by atoms with E-state index in [9.17, 15) is 0 Å². The Balaban J connectivity index is 0.998. The van der Waals surface area contributed by atoms with Gasteiger partial charge in [0.1, 0.15) is 0 Å². The predicted octanol–water partition coefficient (Wildman–Crippen LogP) is 16.5. The number of hydrogen-bond acceptors (Lipinski definition) is 2. The highest BCUT2D eigenvalue weighted by Gasteiger charge is 2.46. The molecule has 0 N–H and O–H groups in total. The molecule has 0 saturated carbocycles. The molecule has 0 fully saturated rings. The Morgan fingerprint density at radius 3 is 1.25 bits per heavy atom. The van der Waals surface area contributed by atoms with E-state index >= 15 is 0 Å². The lowest BCUT2D eigenvalue weighted by molar-refractivity contribution is 0.769. The Morgan fingerprint density at radius 2 is 0.642 bits per heavy atom. The van der Waals surface area contributed by atoms with Gasteiger partial charge in [0.2, 0.25) is 0 Å². The second-order valence-electron chi connectivity index (χ2n) is 17.3. The van der Waals surface area contributed by atoms with Gasteiger partial charge in [-0.15, -0.1) is 0 Å². The number of nitrogens with zero attached hydrogens (tertiary/aromatic N) is 2. The minimum absolute atomic E-state index is 0.512. The minimum Gasteiger partial charge on any atom is -0.228 e. The molecule has 0 spiro atoms. The molecule has 1 aliphatic carbocycles. The van der Waals surface area contributed by atoms with Crippen molar-refractivity contribution in [2.75, 3.05) is 0 Å². The van der Waals surface area contributed by atoms with Crippen molar-refractivity contribution in [2.45, 2.75) is 5.41 Å². The summed E-state index contributed by atoms with van der Waals surface area (Å²) in [5, 5.41) is 0. The fourth-order valence-electron chi connectivity index (χ4n) is 10.2. The zero-order chi connectivity index (χ0) is 44.6. The Kier molecular flexibility index (Phi) is 10.1. The van der Waals surface area contributed by atoms with Crippen LogP contribution in [-0.4, -0.2) is 9.97 Å². The van der Waals surface area contributed by atoms with Gasteiger partial charge in [-0.2, -0.15) is 0 Å². The van der Waals surface area contributed by atoms with Crippen LogP contribution in [0, 0.1) is 0 Å². The fraction of sp³-hybridized carbons (Fsp3) is 0.0154. The summed E-state index contributed by atoms with van der Waals surface area (Å²) in [4.78, 5) is 10.5. The van der Waals surface area contributed by atoms with Crippen LogP contribution in [-0.2, 0) is 5.41 Å². The topological polar surface area (TPSA) is 25.8 Å². The molecule has 0 saturated heterocycles. The molecule has 1 aromatic heterocycles. The minimum atomic E-state index is -0.512. The molecule has 1 heterocycles. The summed E-state index contributed by atoms with van der Waals surface area (Å²) in [6.07, 6.45) is 0. The zero-order valence-corrected chi connectivity index (χ0v) is 36.8. The first-order valence-corrected chi connectivity index (χ1v) is 23.0. The number of rotatable bonds is 9. The van der Waals surface area contributed by atoms with Crippen molar-refractivity contribution in [1.82, 2.24) is 9.97 Å². The molecule has 2 heteroatoms. The standard InChI is InChI=1S/C65H44N2/c1-6-20-45(21-7-1)46-36-38-49(39-37-46)63-44-62(48-24-10-3-11-25-48)66-64(67-63)53-29-19-27-51(41-53)50-26-18-28-52(40-50)58-43-61-59(42-57(58)47-22-8-2-9-23-47)56-34-16-17-35-60(56)65(61,54-30-12-4-13-31-54)55-32-14-5-15-33-55/h1-44H. The first-order valence-electron chi connectivity index (χ1n) is 23.0. The summed E-state index contributed by atoms with van der Waals surface area (Å²) in [5.41, 5.74) is 21.2. The summed E-state index contributed by atoms with van der Waals surface area (Å²) in [6.45, 7) is 0. The van der Waals surface area contributed by atoms with Gasteiger partial charge in [-0.1, -0.05) is 237 Å². The second-order valence-corrected chi connectivity index (χ2v) is 17.3. The van der Waals surface area contributed by atoms with E-state index in [1.165, 1.54) is 61.2 Å². The van der Waals surface area contributed by atoms with Crippen LogP contribution in [0.15, 0.2) is 267 Å². The van der Waals surface area contributed by atoms with Crippen LogP contribution in [0.25, 0.3) is 89.5 Å². The predicted molar refractivity (Wildman–Crippen MR) is 277 cm³/mol. The number of aromatic nitrogens is 2. The van der Waals surface area contributed by atoms with E-state index in [0.29, 0.717) is 5.82 Å². The molecule has 0 unspecified atom stereocenters. The van der Waals surface area contributed by atoms with Crippen molar-refractivity contribution in [3.8, 4) is 89.5 Å². The molecule has 12 rings (SSSR count). The van der Waals surface area contributed by atoms with E-state index in [-0.39, 0.29) is 0 Å². The Morgan fingerprint density at radius 1 is 0.224 bits per heavy atom. The van der Waals surface area contributed by atoms with Crippen molar-refractivity contribution < 1.29 is 0 Å². The average Bonchev–Trinajstić information content (AvgIpc) is 3.72. The fourth-order valence-corrected chi connectivity index (χ4v) is 10.2. The molecule has 2 nitrogen and oxygen atoms in total. The first-order chi connectivity index (χ1) is 33.2. The van der Waals surface area contributed by atoms with Gasteiger partial charge in [-0.25, -0.2) is 9.97 Å². The van der Waals surface area contributed by atoms with Crippen molar-refractivity contribution in [3.63, 3.8) is 0 Å². The number of hydrogen-bond donors (Lipinski definition) is 0. The van der Waals surface area contributed by atoms with E-state index in [4.69, 9.17) is 9.97 Å². The molecule has 0 atom stereocenters. The quantitative estimate of drug-likeness (QED) is 0.145. The van der Waals surface area contributed by atoms with E-state index in [1.54, 1.807) is 0 Å². The highest BCUT2D eigenvalue weighted by Crippen LogP contribution is 2.58. The molecule has 0 aliphatic heterocycles. The van der Waals surface area contributed by atoms with Gasteiger partial charge in [0.15, 0.2) is 5.82 Å². The van der Waals surface area contributed by atoms with Crippen LogP contribution in [0.5, 0.6) is 0 Å². The largest absolute Gasteiger partial charge is 0.228 e. The highest BCUT2D eigenvalue weighted by molar-refractivity contribution is 5.95. The average molecular weight is 853 g/mol. The molecule has 314 valence electrons. The van der Waals surface area contributed by atoms with Crippen LogP contribution in [0.1, 0.15) is 22.3 Å². The maximum absolute atomic E-state index is 5.25. The van der Waals surface area contributed by atoms with Gasteiger partial charge < -0.3 is 0 Å². The van der Waals surface area contributed by atoms with E-state index < -0.39 is 5.41 Å². The summed E-state index contributed by atoms with van der Waals surface area (Å²) in [6, 6.07) is 96.2. The zero-order valence-electron chi connectivity index (χ0n) is 36.8. The highest BCUT2D eigenvalue weighted by atomic mass is 14.9. The smallest absolute Gasteiger partial charge is 0.160 e. The lowest BCUT2D eigenvalue weighted by Gasteiger charge is -2.34. The van der Waals surface area contributed by atoms with Gasteiger partial charge in [0, 0.05) is 16.7 Å². The molecule has 1 aliphatic rings. The van der Waals surface area contributed by atoms with Crippen LogP contribution in [0.3, 0.4) is 0 Å². The van der Waals surface area contributed by atoms with Crippen molar-refractivity contribution in [2.24, 2.45) is 0 Å². The van der Waals surface area contributed by atoms with Crippen LogP contribution in [0.4, 0.5) is 0 Å². The van der Waals surface area contributed by atoms with Crippen molar-refractivity contribution in [1.29, 1.82) is 0 Å². The summed E-state index contributed by atoms with van der Waals surface area (Å²) >= 11 is 0. The molecule has 11 aromatic rings. The summed E-state index contributed by atoms with van der Waals surface area (Å²) in [7, 11) is 0. The summed E-state index contributed by atoms with van der Waals surface area (Å²) in [5.74, 6) is 0.684. The molecule has 0 bridgehead atoms. The molecular formula is C65H44N2. The third-order valence-electron chi connectivity index (χ3n) is 13.4. The monoisotopic (exact) mass is 852 g/mol. The summed E-state index contributed by atoms with van der Waals surface area (Å²) < 4.78 is 0. The van der Waals surface area contributed by atoms with Gasteiger partial charge in [-0.3, -0.25) is 0 Å². The van der Waals surface area contributed by atoms with E-state index in [0.717, 1.165) is 44.8 Å². The van der Waals surface area contributed by atoms with Crippen LogP contribution >= 0.6 is 0 Å². The molecule has 67 heavy (non-hydrogen) atoms. The Labute approximate surface area is 392 Å². The van der Waals surface area contributed by atoms with Crippen LogP contribution < -0.4 is 0 Å². The first kappa shape index (κ1) is 39.8. The Bertz CT molecular complexity index is 3490. The second kappa shape index (κ2) is 17.0. The van der Waals surface area contributed by atoms with Crippen molar-refractivity contribution in [3.05, 3.63) is 289 Å². The lowest BCUT2D eigenvalue weighted by Crippen LogP contribution is -2.28. The maximum atomic E-state index is 5.25. The van der Waals surface area contributed by atoms with Gasteiger partial charge >= 0.3 is 0 Å². The Hall–Kier alpha value is -8.72. The van der Waals surface area contributed by atoms with Gasteiger partial charge in [0.25, 0.3) is 0 Å². The van der Waals surface area contributed by atoms with Crippen LogP contribution in [0.2, 0.25) is 0 Å². The van der Waals surface area contributed by atoms with E-state index in [1.807, 2.05) is 12.1 Å². The molecule has 0 radical (unpaired) electrons. The van der Waals surface area contributed by atoms with Crippen molar-refractivity contribution >= 4 is 0 Å². The van der Waals surface area contributed by atoms with Gasteiger partial charge in [0.05, 0.1) is 16.8 Å². The maximum Gasteiger partial charge on any atom is 0.160 e.